The zero-order chi connectivity index (χ0) is 15.5. The maximum atomic E-state index is 12.6. The number of aromatic nitrogens is 1. The van der Waals surface area contributed by atoms with E-state index in [0.717, 1.165) is 30.8 Å². The summed E-state index contributed by atoms with van der Waals surface area (Å²) < 4.78 is 11.2. The molecule has 0 aliphatic carbocycles. The van der Waals surface area contributed by atoms with Crippen molar-refractivity contribution in [3.63, 3.8) is 0 Å². The highest BCUT2D eigenvalue weighted by Gasteiger charge is 2.33. The highest BCUT2D eigenvalue weighted by atomic mass is 32.1. The van der Waals surface area contributed by atoms with Crippen LogP contribution in [0.3, 0.4) is 0 Å². The Labute approximate surface area is 135 Å². The monoisotopic (exact) mass is 324 g/mol. The van der Waals surface area contributed by atoms with Gasteiger partial charge in [0.2, 0.25) is 0 Å². The fraction of sp³-hybridized carbons (Fsp3) is 0.750. The first-order valence-corrected chi connectivity index (χ1v) is 8.98. The first kappa shape index (κ1) is 15.9. The van der Waals surface area contributed by atoms with Crippen LogP contribution in [0.1, 0.15) is 42.2 Å². The van der Waals surface area contributed by atoms with Crippen molar-refractivity contribution in [3.8, 4) is 0 Å². The first-order valence-electron chi connectivity index (χ1n) is 8.10. The van der Waals surface area contributed by atoms with E-state index in [-0.39, 0.29) is 18.1 Å². The molecule has 1 amide bonds. The van der Waals surface area contributed by atoms with Crippen molar-refractivity contribution >= 4 is 17.2 Å². The van der Waals surface area contributed by atoms with E-state index in [4.69, 9.17) is 9.47 Å². The molecule has 1 aromatic heterocycles. The largest absolute Gasteiger partial charge is 0.350 e. The van der Waals surface area contributed by atoms with Crippen LogP contribution in [0.2, 0.25) is 0 Å². The number of ether oxygens (including phenoxy) is 2. The van der Waals surface area contributed by atoms with E-state index in [1.165, 1.54) is 0 Å². The number of carbonyl (C=O) groups is 1. The second-order valence-corrected chi connectivity index (χ2v) is 7.43. The van der Waals surface area contributed by atoms with Crippen LogP contribution in [0.15, 0.2) is 5.38 Å². The normalized spacial score (nSPS) is 23.4. The van der Waals surface area contributed by atoms with Gasteiger partial charge in [0.1, 0.15) is 5.69 Å². The molecule has 1 atom stereocenters. The number of likely N-dealkylation sites (tertiary alicyclic amines) is 1. The molecule has 1 aromatic rings. The minimum Gasteiger partial charge on any atom is -0.350 e. The Bertz CT molecular complexity index is 511. The summed E-state index contributed by atoms with van der Waals surface area (Å²) in [6, 6.07) is 0. The smallest absolute Gasteiger partial charge is 0.273 e. The molecule has 0 spiro atoms. The Kier molecular flexibility index (Phi) is 5.10. The summed E-state index contributed by atoms with van der Waals surface area (Å²) in [7, 11) is 0. The molecular formula is C16H24N2O3S. The van der Waals surface area contributed by atoms with Crippen LogP contribution in [0.5, 0.6) is 0 Å². The lowest BCUT2D eigenvalue weighted by atomic mass is 9.97. The number of thiazole rings is 1. The molecule has 122 valence electrons. The van der Waals surface area contributed by atoms with Crippen LogP contribution in [0.25, 0.3) is 0 Å². The Morgan fingerprint density at radius 1 is 1.45 bits per heavy atom. The summed E-state index contributed by atoms with van der Waals surface area (Å²) in [5.74, 6) is 0.896. The van der Waals surface area contributed by atoms with Crippen LogP contribution < -0.4 is 0 Å². The van der Waals surface area contributed by atoms with Crippen LogP contribution in [0.4, 0.5) is 0 Å². The van der Waals surface area contributed by atoms with Crippen LogP contribution in [-0.2, 0) is 15.9 Å². The number of hydrogen-bond donors (Lipinski definition) is 0. The maximum absolute atomic E-state index is 12.6. The second kappa shape index (κ2) is 7.06. The van der Waals surface area contributed by atoms with E-state index < -0.39 is 0 Å². The molecule has 2 fully saturated rings. The van der Waals surface area contributed by atoms with Gasteiger partial charge < -0.3 is 14.4 Å². The summed E-state index contributed by atoms with van der Waals surface area (Å²) in [5.41, 5.74) is 0.592. The minimum absolute atomic E-state index is 0.0500. The van der Waals surface area contributed by atoms with Crippen molar-refractivity contribution in [2.24, 2.45) is 11.8 Å². The van der Waals surface area contributed by atoms with Gasteiger partial charge in [-0.1, -0.05) is 13.8 Å². The lowest BCUT2D eigenvalue weighted by Crippen LogP contribution is -2.44. The third-order valence-corrected chi connectivity index (χ3v) is 5.00. The molecular weight excluding hydrogens is 300 g/mol. The molecule has 3 rings (SSSR count). The summed E-state index contributed by atoms with van der Waals surface area (Å²) in [5, 5.41) is 2.95. The topological polar surface area (TPSA) is 51.7 Å². The van der Waals surface area contributed by atoms with Gasteiger partial charge in [0.15, 0.2) is 6.29 Å². The second-order valence-electron chi connectivity index (χ2n) is 6.49. The van der Waals surface area contributed by atoms with Gasteiger partial charge in [0.05, 0.1) is 18.2 Å². The Morgan fingerprint density at radius 2 is 2.23 bits per heavy atom. The van der Waals surface area contributed by atoms with Crippen molar-refractivity contribution in [3.05, 3.63) is 16.1 Å². The van der Waals surface area contributed by atoms with E-state index in [0.29, 0.717) is 31.4 Å². The minimum atomic E-state index is -0.137. The van der Waals surface area contributed by atoms with E-state index in [1.54, 1.807) is 11.3 Å². The summed E-state index contributed by atoms with van der Waals surface area (Å²) in [6.45, 7) is 7.18. The van der Waals surface area contributed by atoms with Crippen LogP contribution in [-0.4, -0.2) is 48.4 Å². The van der Waals surface area contributed by atoms with Gasteiger partial charge in [-0.25, -0.2) is 4.98 Å². The number of carbonyl (C=O) groups excluding carboxylic acids is 1. The molecule has 0 aromatic carbocycles. The molecule has 2 saturated heterocycles. The van der Waals surface area contributed by atoms with Crippen molar-refractivity contribution in [2.75, 3.05) is 26.3 Å². The summed E-state index contributed by atoms with van der Waals surface area (Å²) >= 11 is 1.59. The zero-order valence-corrected chi connectivity index (χ0v) is 14.1. The number of amides is 1. The molecule has 6 heteroatoms. The van der Waals surface area contributed by atoms with Gasteiger partial charge in [-0.15, -0.1) is 11.3 Å². The molecule has 22 heavy (non-hydrogen) atoms. The van der Waals surface area contributed by atoms with E-state index in [2.05, 4.69) is 18.8 Å². The number of hydrogen-bond acceptors (Lipinski definition) is 5. The molecule has 5 nitrogen and oxygen atoms in total. The summed E-state index contributed by atoms with van der Waals surface area (Å²) in [4.78, 5) is 19.1. The lowest BCUT2D eigenvalue weighted by Gasteiger charge is -2.34. The average Bonchev–Trinajstić information content (AvgIpc) is 3.17. The molecule has 2 aliphatic heterocycles. The molecule has 1 unspecified atom stereocenters. The quantitative estimate of drug-likeness (QED) is 0.854. The number of nitrogens with zero attached hydrogens (tertiary/aromatic N) is 2. The van der Waals surface area contributed by atoms with Gasteiger partial charge in [0.25, 0.3) is 5.91 Å². The predicted octanol–water partition coefficient (Wildman–Crippen LogP) is 2.57. The molecule has 0 N–H and O–H groups in total. The lowest BCUT2D eigenvalue weighted by molar-refractivity contribution is -0.0969. The fourth-order valence-corrected chi connectivity index (χ4v) is 4.06. The van der Waals surface area contributed by atoms with Crippen molar-refractivity contribution in [1.29, 1.82) is 0 Å². The first-order chi connectivity index (χ1) is 10.6. The molecule has 3 heterocycles. The number of rotatable bonds is 4. The summed E-state index contributed by atoms with van der Waals surface area (Å²) in [6.07, 6.45) is 2.86. The van der Waals surface area contributed by atoms with Gasteiger partial charge in [-0.2, -0.15) is 0 Å². The van der Waals surface area contributed by atoms with Crippen LogP contribution in [0, 0.1) is 11.8 Å². The number of piperidine rings is 1. The van der Waals surface area contributed by atoms with Gasteiger partial charge >= 0.3 is 0 Å². The SMILES string of the molecule is CC(C)Cc1nc(C(=O)N2CCCC(C3OCCO3)C2)cs1. The molecule has 2 aliphatic rings. The standard InChI is InChI=1S/C16H24N2O3S/c1-11(2)8-14-17-13(10-22-14)15(19)18-5-3-4-12(9-18)16-20-6-7-21-16/h10-12,16H,3-9H2,1-2H3. The predicted molar refractivity (Wildman–Crippen MR) is 85.0 cm³/mol. The third-order valence-electron chi connectivity index (χ3n) is 4.13. The highest BCUT2D eigenvalue weighted by molar-refractivity contribution is 7.09. The Morgan fingerprint density at radius 3 is 2.95 bits per heavy atom. The molecule has 0 radical (unpaired) electrons. The van der Waals surface area contributed by atoms with E-state index >= 15 is 0 Å². The molecule has 0 saturated carbocycles. The van der Waals surface area contributed by atoms with E-state index in [9.17, 15) is 4.79 Å². The maximum Gasteiger partial charge on any atom is 0.273 e. The van der Waals surface area contributed by atoms with Crippen molar-refractivity contribution in [1.82, 2.24) is 9.88 Å². The van der Waals surface area contributed by atoms with Crippen molar-refractivity contribution < 1.29 is 14.3 Å². The Balaban J connectivity index is 1.62. The molecule has 0 bridgehead atoms. The average molecular weight is 324 g/mol. The zero-order valence-electron chi connectivity index (χ0n) is 13.3. The Hall–Kier alpha value is -0.980. The van der Waals surface area contributed by atoms with E-state index in [1.807, 2.05) is 10.3 Å². The fourth-order valence-electron chi connectivity index (χ4n) is 3.08. The van der Waals surface area contributed by atoms with Crippen LogP contribution >= 0.6 is 11.3 Å². The van der Waals surface area contributed by atoms with Gasteiger partial charge in [0, 0.05) is 30.8 Å². The van der Waals surface area contributed by atoms with Crippen molar-refractivity contribution in [2.45, 2.75) is 39.4 Å². The highest BCUT2D eigenvalue weighted by Crippen LogP contribution is 2.26. The third kappa shape index (κ3) is 3.67. The van der Waals surface area contributed by atoms with Gasteiger partial charge in [-0.05, 0) is 18.8 Å². The van der Waals surface area contributed by atoms with Gasteiger partial charge in [-0.3, -0.25) is 4.79 Å².